The Balaban J connectivity index is 1.67. The number of nitrogens with one attached hydrogen (secondary N) is 1. The van der Waals surface area contributed by atoms with Gasteiger partial charge in [-0.05, 0) is 24.3 Å². The highest BCUT2D eigenvalue weighted by molar-refractivity contribution is 6.34. The quantitative estimate of drug-likeness (QED) is 0.322. The second-order valence-electron chi connectivity index (χ2n) is 6.79. The number of carbonyl (C=O) groups excluding carboxylic acids is 1. The number of hydrogen-bond acceptors (Lipinski definition) is 7. The Morgan fingerprint density at radius 3 is 2.58 bits per heavy atom. The average molecular weight is 451 g/mol. The molecule has 0 aliphatic heterocycles. The molecule has 4 N–H and O–H groups in total. The number of ether oxygens (including phenoxy) is 1. The van der Waals surface area contributed by atoms with Gasteiger partial charge in [-0.1, -0.05) is 17.6 Å². The van der Waals surface area contributed by atoms with Gasteiger partial charge in [0.05, 0.1) is 16.8 Å². The number of carbonyl (C=O) groups is 1. The number of phenolic OH excluding ortho intramolecular Hbond substituents is 1. The molecule has 0 saturated carbocycles. The minimum Gasteiger partial charge on any atom is -0.505 e. The van der Waals surface area contributed by atoms with E-state index in [1.54, 1.807) is 0 Å². The highest BCUT2D eigenvalue weighted by atomic mass is 19.4. The highest BCUT2D eigenvalue weighted by Crippen LogP contribution is 2.39. The van der Waals surface area contributed by atoms with E-state index >= 15 is 0 Å². The summed E-state index contributed by atoms with van der Waals surface area (Å²) in [4.78, 5) is 24.8. The Bertz CT molecular complexity index is 1380. The number of para-hydroxylation sites is 1. The van der Waals surface area contributed by atoms with Crippen LogP contribution in [0.1, 0.15) is 15.9 Å². The number of aromatic hydroxyl groups is 1. The van der Waals surface area contributed by atoms with Gasteiger partial charge in [0.2, 0.25) is 17.7 Å². The van der Waals surface area contributed by atoms with Crippen molar-refractivity contribution in [3.8, 4) is 17.5 Å². The number of halogens is 3. The summed E-state index contributed by atoms with van der Waals surface area (Å²) < 4.78 is 44.7. The third kappa shape index (κ3) is 4.64. The van der Waals surface area contributed by atoms with Crippen molar-refractivity contribution in [2.75, 3.05) is 11.1 Å². The molecule has 8 nitrogen and oxygen atoms in total. The third-order valence-corrected chi connectivity index (χ3v) is 4.50. The number of nitrogens with two attached hydrogens (primary N) is 1. The van der Waals surface area contributed by atoms with Gasteiger partial charge >= 0.3 is 6.18 Å². The Labute approximate surface area is 185 Å². The lowest BCUT2D eigenvalue weighted by atomic mass is 9.91. The summed E-state index contributed by atoms with van der Waals surface area (Å²) >= 11 is 0. The zero-order valence-corrected chi connectivity index (χ0v) is 16.6. The van der Waals surface area contributed by atoms with Crippen molar-refractivity contribution in [1.29, 1.82) is 0 Å². The molecule has 164 valence electrons. The van der Waals surface area contributed by atoms with E-state index in [0.717, 1.165) is 12.1 Å². The van der Waals surface area contributed by atoms with E-state index in [9.17, 15) is 23.1 Å². The lowest BCUT2D eigenvalue weighted by molar-refractivity contribution is -0.138. The van der Waals surface area contributed by atoms with Crippen LogP contribution in [0, 0.1) is 0 Å². The number of hydrogen-bond donors (Lipinski definition) is 3. The van der Waals surface area contributed by atoms with E-state index in [1.165, 1.54) is 36.5 Å². The van der Waals surface area contributed by atoms with Crippen LogP contribution < -0.4 is 21.3 Å². The van der Waals surface area contributed by atoms with Crippen molar-refractivity contribution in [3.05, 3.63) is 65.9 Å². The number of aromatic nitrogens is 3. The zero-order valence-electron chi connectivity index (χ0n) is 16.6. The maximum absolute atomic E-state index is 13.0. The zero-order chi connectivity index (χ0) is 23.8. The normalized spacial score (nSPS) is 11.4. The lowest BCUT2D eigenvalue weighted by Gasteiger charge is -2.14. The molecule has 12 heteroatoms. The first-order valence-corrected chi connectivity index (χ1v) is 9.29. The highest BCUT2D eigenvalue weighted by Gasteiger charge is 2.34. The van der Waals surface area contributed by atoms with Crippen LogP contribution in [0.15, 0.2) is 54.7 Å². The van der Waals surface area contributed by atoms with Gasteiger partial charge in [-0.15, -0.1) is 0 Å². The molecule has 0 saturated heterocycles. The predicted octanol–water partition coefficient (Wildman–Crippen LogP) is 3.17. The molecule has 0 fully saturated rings. The van der Waals surface area contributed by atoms with Crippen LogP contribution in [0.25, 0.3) is 10.9 Å². The summed E-state index contributed by atoms with van der Waals surface area (Å²) in [6.07, 6.45) is -3.38. The number of amides is 1. The number of pyridine rings is 1. The van der Waals surface area contributed by atoms with Crippen molar-refractivity contribution >= 4 is 41.8 Å². The first kappa shape index (κ1) is 21.9. The van der Waals surface area contributed by atoms with Crippen LogP contribution in [0.4, 0.5) is 24.8 Å². The molecule has 2 aromatic carbocycles. The number of benzene rings is 2. The number of nitrogens with zero attached hydrogens (tertiary/aromatic N) is 3. The number of nitrogen functional groups attached to an aromatic ring is 1. The largest absolute Gasteiger partial charge is 0.505 e. The van der Waals surface area contributed by atoms with Crippen molar-refractivity contribution in [2.45, 2.75) is 6.18 Å². The fourth-order valence-corrected chi connectivity index (χ4v) is 3.07. The molecule has 2 radical (unpaired) electrons. The minimum atomic E-state index is -4.79. The molecule has 0 unspecified atom stereocenters. The van der Waals surface area contributed by atoms with Crippen molar-refractivity contribution in [1.82, 2.24) is 15.0 Å². The Hall–Kier alpha value is -4.35. The minimum absolute atomic E-state index is 0.00864. The molecule has 1 amide bonds. The number of alkyl halides is 3. The van der Waals surface area contributed by atoms with Gasteiger partial charge in [-0.3, -0.25) is 4.79 Å². The number of anilines is 2. The molecule has 4 rings (SSSR count). The maximum atomic E-state index is 13.0. The molecule has 33 heavy (non-hydrogen) atoms. The second kappa shape index (κ2) is 8.30. The monoisotopic (exact) mass is 451 g/mol. The van der Waals surface area contributed by atoms with Gasteiger partial charge in [0.15, 0.2) is 5.75 Å². The lowest BCUT2D eigenvalue weighted by Crippen LogP contribution is -2.17. The van der Waals surface area contributed by atoms with Gasteiger partial charge in [0.25, 0.3) is 5.91 Å². The predicted molar refractivity (Wildman–Crippen MR) is 115 cm³/mol. The van der Waals surface area contributed by atoms with E-state index in [4.69, 9.17) is 18.3 Å². The SMILES string of the molecule is [B]c1cc(C(=O)Nc2cccc(C(F)(F)F)c2O)c2ccc(Oc3ccnc(N)n3)nc2c1. The molecule has 0 atom stereocenters. The van der Waals surface area contributed by atoms with Crippen LogP contribution in [0.3, 0.4) is 0 Å². The first-order valence-electron chi connectivity index (χ1n) is 9.29. The fraction of sp³-hybridized carbons (Fsp3) is 0.0476. The molecule has 4 aromatic rings. The van der Waals surface area contributed by atoms with E-state index < -0.39 is 29.1 Å². The summed E-state index contributed by atoms with van der Waals surface area (Å²) in [5, 5.41) is 12.6. The summed E-state index contributed by atoms with van der Waals surface area (Å²) in [6, 6.07) is 10.2. The summed E-state index contributed by atoms with van der Waals surface area (Å²) in [5.74, 6) is -1.59. The molecule has 0 spiro atoms. The van der Waals surface area contributed by atoms with E-state index in [1.807, 2.05) is 0 Å². The van der Waals surface area contributed by atoms with E-state index in [-0.39, 0.29) is 34.3 Å². The second-order valence-corrected chi connectivity index (χ2v) is 6.79. The Morgan fingerprint density at radius 1 is 1.09 bits per heavy atom. The van der Waals surface area contributed by atoms with Crippen LogP contribution >= 0.6 is 0 Å². The Kier molecular flexibility index (Phi) is 5.50. The van der Waals surface area contributed by atoms with E-state index in [0.29, 0.717) is 11.5 Å². The summed E-state index contributed by atoms with van der Waals surface area (Å²) in [6.45, 7) is 0. The number of fused-ring (bicyclic) bond motifs is 1. The van der Waals surface area contributed by atoms with Crippen molar-refractivity contribution in [2.24, 2.45) is 0 Å². The van der Waals surface area contributed by atoms with Crippen LogP contribution in [-0.2, 0) is 6.18 Å². The fourth-order valence-electron chi connectivity index (χ4n) is 3.07. The first-order chi connectivity index (χ1) is 15.6. The van der Waals surface area contributed by atoms with Crippen LogP contribution in [-0.4, -0.2) is 33.8 Å². The van der Waals surface area contributed by atoms with Gasteiger partial charge in [0, 0.05) is 29.3 Å². The molecular weight excluding hydrogens is 438 g/mol. The van der Waals surface area contributed by atoms with Crippen molar-refractivity contribution < 1.29 is 27.8 Å². The molecule has 2 heterocycles. The number of rotatable bonds is 4. The molecule has 0 bridgehead atoms. The number of phenols is 1. The molecule has 2 aromatic heterocycles. The smallest absolute Gasteiger partial charge is 0.420 e. The summed E-state index contributed by atoms with van der Waals surface area (Å²) in [5.41, 5.74) is 4.34. The molecule has 0 aliphatic rings. The van der Waals surface area contributed by atoms with Gasteiger partial charge in [-0.2, -0.15) is 18.2 Å². The Morgan fingerprint density at radius 2 is 1.85 bits per heavy atom. The summed E-state index contributed by atoms with van der Waals surface area (Å²) in [7, 11) is 5.89. The molecule has 0 aliphatic carbocycles. The van der Waals surface area contributed by atoms with Gasteiger partial charge < -0.3 is 20.9 Å². The van der Waals surface area contributed by atoms with Crippen LogP contribution in [0.5, 0.6) is 17.5 Å². The van der Waals surface area contributed by atoms with Gasteiger partial charge in [-0.25, -0.2) is 9.97 Å². The standard InChI is InChI=1S/C21H13BF3N5O3/c22-10-8-12(19(32)29-14-3-1-2-13(18(14)31)21(23,24)25)11-4-5-16(28-15(11)9-10)33-17-6-7-27-20(26)30-17/h1-9,31H,(H,29,32)(H2,26,27,30). The van der Waals surface area contributed by atoms with Crippen LogP contribution in [0.2, 0.25) is 0 Å². The third-order valence-electron chi connectivity index (χ3n) is 4.50. The van der Waals surface area contributed by atoms with Crippen molar-refractivity contribution in [3.63, 3.8) is 0 Å². The topological polar surface area (TPSA) is 123 Å². The molecular formula is C21H13BF3N5O3. The van der Waals surface area contributed by atoms with Gasteiger partial charge in [0.1, 0.15) is 7.85 Å². The average Bonchev–Trinajstić information content (AvgIpc) is 2.73. The van der Waals surface area contributed by atoms with E-state index in [2.05, 4.69) is 20.3 Å². The maximum Gasteiger partial charge on any atom is 0.420 e.